The molecule has 1 fully saturated rings. The van der Waals surface area contributed by atoms with Crippen LogP contribution < -0.4 is 5.32 Å². The number of carbonyl (C=O) groups excluding carboxylic acids is 1. The average Bonchev–Trinajstić information content (AvgIpc) is 1.99. The molecule has 1 heterocycles. The van der Waals surface area contributed by atoms with Crippen LogP contribution in [0.2, 0.25) is 0 Å². The molecule has 0 unspecified atom stereocenters. The van der Waals surface area contributed by atoms with Gasteiger partial charge in [-0.1, -0.05) is 6.58 Å². The quantitative estimate of drug-likeness (QED) is 0.661. The Kier molecular flexibility index (Phi) is 2.66. The van der Waals surface area contributed by atoms with Gasteiger partial charge in [0.2, 0.25) is 12.2 Å². The molecule has 1 aliphatic rings. The number of amides is 1. The zero-order valence-electron chi connectivity index (χ0n) is 7.81. The van der Waals surface area contributed by atoms with Crippen LogP contribution in [0.1, 0.15) is 13.8 Å². The molecule has 0 aromatic carbocycles. The average molecular weight is 221 g/mol. The first-order valence-electron chi connectivity index (χ1n) is 3.83. The van der Waals surface area contributed by atoms with E-state index in [9.17, 15) is 13.2 Å². The SMILES string of the molecule is C=CC(=O)NC(C)(C)C1OS(=O)(=O)O1. The largest absolute Gasteiger partial charge is 0.405 e. The van der Waals surface area contributed by atoms with E-state index in [1.807, 2.05) is 0 Å². The maximum Gasteiger partial charge on any atom is 0.405 e. The summed E-state index contributed by atoms with van der Waals surface area (Å²) in [4.78, 5) is 10.9. The Bertz CT molecular complexity index is 346. The molecule has 1 aliphatic heterocycles. The van der Waals surface area contributed by atoms with Crippen LogP contribution >= 0.6 is 0 Å². The van der Waals surface area contributed by atoms with Gasteiger partial charge in [-0.2, -0.15) is 8.42 Å². The van der Waals surface area contributed by atoms with Gasteiger partial charge in [0.05, 0.1) is 5.54 Å². The van der Waals surface area contributed by atoms with E-state index in [1.165, 1.54) is 0 Å². The Hall–Kier alpha value is -0.920. The molecular weight excluding hydrogens is 210 g/mol. The minimum atomic E-state index is -3.83. The molecule has 0 aliphatic carbocycles. The highest BCUT2D eigenvalue weighted by Gasteiger charge is 2.47. The van der Waals surface area contributed by atoms with Crippen molar-refractivity contribution < 1.29 is 21.6 Å². The molecule has 1 N–H and O–H groups in total. The van der Waals surface area contributed by atoms with Crippen molar-refractivity contribution in [2.45, 2.75) is 25.7 Å². The topological polar surface area (TPSA) is 81.7 Å². The second-order valence-electron chi connectivity index (χ2n) is 3.35. The van der Waals surface area contributed by atoms with Gasteiger partial charge in [0.1, 0.15) is 0 Å². The molecule has 0 aromatic rings. The lowest BCUT2D eigenvalue weighted by Gasteiger charge is -2.37. The normalized spacial score (nSPS) is 21.0. The molecular formula is C7H11NO5S. The summed E-state index contributed by atoms with van der Waals surface area (Å²) < 4.78 is 29.9. The summed E-state index contributed by atoms with van der Waals surface area (Å²) in [5.74, 6) is -0.425. The van der Waals surface area contributed by atoms with Crippen LogP contribution in [0.4, 0.5) is 0 Å². The van der Waals surface area contributed by atoms with Crippen LogP contribution in [0, 0.1) is 0 Å². The van der Waals surface area contributed by atoms with Crippen molar-refractivity contribution >= 4 is 16.3 Å². The molecule has 0 saturated carbocycles. The highest BCUT2D eigenvalue weighted by molar-refractivity contribution is 7.82. The summed E-state index contributed by atoms with van der Waals surface area (Å²) >= 11 is 0. The fourth-order valence-electron chi connectivity index (χ4n) is 0.889. The van der Waals surface area contributed by atoms with Crippen molar-refractivity contribution in [3.05, 3.63) is 12.7 Å². The van der Waals surface area contributed by atoms with E-state index >= 15 is 0 Å². The van der Waals surface area contributed by atoms with Crippen molar-refractivity contribution in [1.82, 2.24) is 5.32 Å². The van der Waals surface area contributed by atoms with Crippen LogP contribution in [0.15, 0.2) is 12.7 Å². The van der Waals surface area contributed by atoms with Gasteiger partial charge >= 0.3 is 10.4 Å². The highest BCUT2D eigenvalue weighted by atomic mass is 32.3. The van der Waals surface area contributed by atoms with Gasteiger partial charge in [-0.15, -0.1) is 0 Å². The molecule has 0 spiro atoms. The third kappa shape index (κ3) is 2.31. The van der Waals surface area contributed by atoms with Crippen molar-refractivity contribution in [3.8, 4) is 0 Å². The molecule has 7 heteroatoms. The summed E-state index contributed by atoms with van der Waals surface area (Å²) in [6.07, 6.45) is 0.0888. The number of rotatable bonds is 3. The first-order valence-corrected chi connectivity index (χ1v) is 5.16. The standard InChI is InChI=1S/C7H11NO5S/c1-4-5(9)8-7(2,3)6-12-14(10,11)13-6/h4,6H,1H2,2-3H3,(H,8,9). The Morgan fingerprint density at radius 1 is 1.50 bits per heavy atom. The lowest BCUT2D eigenvalue weighted by atomic mass is 10.1. The van der Waals surface area contributed by atoms with Crippen molar-refractivity contribution in [2.24, 2.45) is 0 Å². The van der Waals surface area contributed by atoms with Gasteiger partial charge in [-0.05, 0) is 19.9 Å². The fraction of sp³-hybridized carbons (Fsp3) is 0.571. The van der Waals surface area contributed by atoms with Crippen molar-refractivity contribution in [1.29, 1.82) is 0 Å². The van der Waals surface area contributed by atoms with Gasteiger partial charge in [0.25, 0.3) is 0 Å². The zero-order chi connectivity index (χ0) is 11.0. The van der Waals surface area contributed by atoms with Gasteiger partial charge in [0.15, 0.2) is 0 Å². The van der Waals surface area contributed by atoms with Gasteiger partial charge in [0, 0.05) is 0 Å². The smallest absolute Gasteiger partial charge is 0.342 e. The zero-order valence-corrected chi connectivity index (χ0v) is 8.63. The van der Waals surface area contributed by atoms with E-state index in [-0.39, 0.29) is 0 Å². The molecule has 0 bridgehead atoms. The minimum absolute atomic E-state index is 0.425. The minimum Gasteiger partial charge on any atom is -0.342 e. The maximum atomic E-state index is 10.9. The first kappa shape index (κ1) is 11.2. The molecule has 1 rings (SSSR count). The van der Waals surface area contributed by atoms with E-state index in [2.05, 4.69) is 20.3 Å². The van der Waals surface area contributed by atoms with E-state index in [0.29, 0.717) is 0 Å². The molecule has 0 radical (unpaired) electrons. The number of hydrogen-bond acceptors (Lipinski definition) is 5. The lowest BCUT2D eigenvalue weighted by molar-refractivity contribution is -0.140. The van der Waals surface area contributed by atoms with Gasteiger partial charge in [-0.25, -0.2) is 8.37 Å². The Morgan fingerprint density at radius 3 is 2.36 bits per heavy atom. The first-order chi connectivity index (χ1) is 6.27. The monoisotopic (exact) mass is 221 g/mol. The predicted molar refractivity (Wildman–Crippen MR) is 47.3 cm³/mol. The highest BCUT2D eigenvalue weighted by Crippen LogP contribution is 2.27. The third-order valence-corrected chi connectivity index (χ3v) is 2.45. The summed E-state index contributed by atoms with van der Waals surface area (Å²) in [5.41, 5.74) is -0.920. The van der Waals surface area contributed by atoms with Crippen LogP contribution in [0.25, 0.3) is 0 Å². The molecule has 14 heavy (non-hydrogen) atoms. The number of carbonyl (C=O) groups is 1. The van der Waals surface area contributed by atoms with Crippen molar-refractivity contribution in [3.63, 3.8) is 0 Å². The van der Waals surface area contributed by atoms with E-state index in [1.54, 1.807) is 13.8 Å². The number of nitrogens with one attached hydrogen (secondary N) is 1. The molecule has 6 nitrogen and oxygen atoms in total. The molecule has 80 valence electrons. The number of hydrogen-bond donors (Lipinski definition) is 1. The molecule has 0 aromatic heterocycles. The maximum absolute atomic E-state index is 10.9. The summed E-state index contributed by atoms with van der Waals surface area (Å²) in [6, 6.07) is 0. The van der Waals surface area contributed by atoms with Crippen LogP contribution in [0.3, 0.4) is 0 Å². The van der Waals surface area contributed by atoms with E-state index < -0.39 is 28.1 Å². The third-order valence-electron chi connectivity index (χ3n) is 1.63. The molecule has 1 saturated heterocycles. The summed E-state index contributed by atoms with van der Waals surface area (Å²) in [5, 5.41) is 2.47. The Morgan fingerprint density at radius 2 is 2.00 bits per heavy atom. The fourth-order valence-corrected chi connectivity index (χ4v) is 1.81. The summed E-state index contributed by atoms with van der Waals surface area (Å²) in [7, 11) is -3.83. The Balaban J connectivity index is 2.59. The molecule has 0 atom stereocenters. The second-order valence-corrected chi connectivity index (χ2v) is 4.55. The lowest BCUT2D eigenvalue weighted by Crippen LogP contribution is -2.59. The van der Waals surface area contributed by atoms with Crippen LogP contribution in [-0.4, -0.2) is 26.2 Å². The summed E-state index contributed by atoms with van der Waals surface area (Å²) in [6.45, 7) is 6.42. The van der Waals surface area contributed by atoms with Gasteiger partial charge in [-0.3, -0.25) is 4.79 Å². The van der Waals surface area contributed by atoms with E-state index in [0.717, 1.165) is 6.08 Å². The Labute approximate surface area is 82.2 Å². The molecule has 1 amide bonds. The second kappa shape index (κ2) is 3.34. The van der Waals surface area contributed by atoms with Crippen molar-refractivity contribution in [2.75, 3.05) is 0 Å². The van der Waals surface area contributed by atoms with Gasteiger partial charge < -0.3 is 5.32 Å². The van der Waals surface area contributed by atoms with E-state index in [4.69, 9.17) is 0 Å². The van der Waals surface area contributed by atoms with Crippen LogP contribution in [0.5, 0.6) is 0 Å². The predicted octanol–water partition coefficient (Wildman–Crippen LogP) is -0.315. The van der Waals surface area contributed by atoms with Crippen LogP contribution in [-0.2, 0) is 23.6 Å².